The number of rotatable bonds is 6. The van der Waals surface area contributed by atoms with Crippen LogP contribution in [0.2, 0.25) is 0 Å². The SMILES string of the molecule is COCCCNC(=O)[C@@H]1CC(=O)N[C@@H](C(C)C)C(=O)N(C)CCOc2ccccc2C(=O)N1. The lowest BCUT2D eigenvalue weighted by molar-refractivity contribution is -0.137. The van der Waals surface area contributed by atoms with Crippen molar-refractivity contribution in [2.24, 2.45) is 5.92 Å². The molecule has 1 aliphatic heterocycles. The molecule has 1 aromatic rings. The molecule has 0 aromatic heterocycles. The van der Waals surface area contributed by atoms with Gasteiger partial charge in [0.25, 0.3) is 5.91 Å². The summed E-state index contributed by atoms with van der Waals surface area (Å²) in [6.45, 7) is 4.89. The third-order valence-corrected chi connectivity index (χ3v) is 5.28. The molecule has 2 rings (SSSR count). The molecule has 3 N–H and O–H groups in total. The molecule has 4 amide bonds. The molecule has 0 fully saturated rings. The van der Waals surface area contributed by atoms with Gasteiger partial charge in [0.1, 0.15) is 24.4 Å². The maximum absolute atomic E-state index is 13.0. The van der Waals surface area contributed by atoms with Crippen LogP contribution in [0.25, 0.3) is 0 Å². The molecule has 0 unspecified atom stereocenters. The molecule has 1 heterocycles. The summed E-state index contributed by atoms with van der Waals surface area (Å²) in [7, 11) is 3.20. The van der Waals surface area contributed by atoms with E-state index in [0.717, 1.165) is 0 Å². The van der Waals surface area contributed by atoms with Crippen LogP contribution in [-0.2, 0) is 19.1 Å². The number of hydrogen-bond acceptors (Lipinski definition) is 6. The van der Waals surface area contributed by atoms with E-state index in [9.17, 15) is 19.2 Å². The Morgan fingerprint density at radius 2 is 1.97 bits per heavy atom. The van der Waals surface area contributed by atoms with E-state index < -0.39 is 29.8 Å². The van der Waals surface area contributed by atoms with Gasteiger partial charge in [0.2, 0.25) is 17.7 Å². The maximum atomic E-state index is 13.0. The van der Waals surface area contributed by atoms with Crippen LogP contribution in [0.1, 0.15) is 37.0 Å². The summed E-state index contributed by atoms with van der Waals surface area (Å²) in [6, 6.07) is 4.74. The van der Waals surface area contributed by atoms with Crippen LogP contribution >= 0.6 is 0 Å². The predicted octanol–water partition coefficient (Wildman–Crippen LogP) is 0.319. The molecule has 2 atom stereocenters. The molecular weight excluding hydrogens is 428 g/mol. The Hall–Kier alpha value is -3.14. The van der Waals surface area contributed by atoms with Crippen molar-refractivity contribution >= 4 is 23.6 Å². The largest absolute Gasteiger partial charge is 0.491 e. The zero-order valence-electron chi connectivity index (χ0n) is 19.7. The fourth-order valence-electron chi connectivity index (χ4n) is 3.35. The molecule has 10 heteroatoms. The fraction of sp³-hybridized carbons (Fsp3) is 0.565. The van der Waals surface area contributed by atoms with Crippen LogP contribution in [-0.4, -0.2) is 81.1 Å². The average molecular weight is 463 g/mol. The highest BCUT2D eigenvalue weighted by Crippen LogP contribution is 2.19. The summed E-state index contributed by atoms with van der Waals surface area (Å²) in [4.78, 5) is 53.0. The number of fused-ring (bicyclic) bond motifs is 1. The Morgan fingerprint density at radius 3 is 2.67 bits per heavy atom. The predicted molar refractivity (Wildman–Crippen MR) is 122 cm³/mol. The van der Waals surface area contributed by atoms with E-state index in [2.05, 4.69) is 16.0 Å². The van der Waals surface area contributed by atoms with Crippen molar-refractivity contribution in [3.8, 4) is 5.75 Å². The Kier molecular flexibility index (Phi) is 10.1. The van der Waals surface area contributed by atoms with Crippen molar-refractivity contribution in [1.29, 1.82) is 0 Å². The first kappa shape index (κ1) is 26.1. The van der Waals surface area contributed by atoms with Crippen LogP contribution in [0.3, 0.4) is 0 Å². The number of carbonyl (C=O) groups excluding carboxylic acids is 4. The molecule has 10 nitrogen and oxygen atoms in total. The smallest absolute Gasteiger partial charge is 0.255 e. The Bertz CT molecular complexity index is 844. The first-order valence-corrected chi connectivity index (χ1v) is 11.1. The minimum atomic E-state index is -1.13. The van der Waals surface area contributed by atoms with Crippen LogP contribution in [0.15, 0.2) is 24.3 Å². The highest BCUT2D eigenvalue weighted by atomic mass is 16.5. The molecule has 0 saturated carbocycles. The molecule has 0 radical (unpaired) electrons. The Morgan fingerprint density at radius 1 is 1.24 bits per heavy atom. The van der Waals surface area contributed by atoms with E-state index >= 15 is 0 Å². The fourth-order valence-corrected chi connectivity index (χ4v) is 3.35. The zero-order chi connectivity index (χ0) is 24.4. The zero-order valence-corrected chi connectivity index (χ0v) is 19.7. The second-order valence-electron chi connectivity index (χ2n) is 8.26. The lowest BCUT2D eigenvalue weighted by Gasteiger charge is -2.28. The Balaban J connectivity index is 2.31. The molecule has 182 valence electrons. The van der Waals surface area contributed by atoms with Gasteiger partial charge in [0, 0.05) is 27.3 Å². The van der Waals surface area contributed by atoms with Crippen LogP contribution in [0, 0.1) is 5.92 Å². The molecule has 0 spiro atoms. The van der Waals surface area contributed by atoms with E-state index in [1.54, 1.807) is 38.4 Å². The van der Waals surface area contributed by atoms with Crippen molar-refractivity contribution in [1.82, 2.24) is 20.9 Å². The number of nitrogens with one attached hydrogen (secondary N) is 3. The van der Waals surface area contributed by atoms with Gasteiger partial charge in [-0.25, -0.2) is 0 Å². The van der Waals surface area contributed by atoms with Gasteiger partial charge in [0.15, 0.2) is 0 Å². The number of para-hydroxylation sites is 1. The third kappa shape index (κ3) is 7.74. The van der Waals surface area contributed by atoms with Gasteiger partial charge in [-0.2, -0.15) is 0 Å². The monoisotopic (exact) mass is 462 g/mol. The first-order valence-electron chi connectivity index (χ1n) is 11.1. The van der Waals surface area contributed by atoms with E-state index in [1.807, 2.05) is 13.8 Å². The standard InChI is InChI=1S/C23H34N4O6/c1-15(2)20-23(31)27(3)11-13-33-18-9-6-5-8-16(18)21(29)25-17(14-19(28)26-20)22(30)24-10-7-12-32-4/h5-6,8-9,15,17,20H,7,10-14H2,1-4H3,(H,24,30)(H,25,29)(H,26,28)/t17-,20-/m0/s1. The molecule has 33 heavy (non-hydrogen) atoms. The van der Waals surface area contributed by atoms with Gasteiger partial charge in [0.05, 0.1) is 18.5 Å². The number of ether oxygens (including phenoxy) is 2. The van der Waals surface area contributed by atoms with Crippen LogP contribution in [0.4, 0.5) is 0 Å². The van der Waals surface area contributed by atoms with E-state index in [4.69, 9.17) is 9.47 Å². The topological polar surface area (TPSA) is 126 Å². The van der Waals surface area contributed by atoms with Crippen molar-refractivity contribution in [3.05, 3.63) is 29.8 Å². The van der Waals surface area contributed by atoms with Crippen molar-refractivity contribution in [3.63, 3.8) is 0 Å². The highest BCUT2D eigenvalue weighted by molar-refractivity contribution is 6.01. The molecule has 0 saturated heterocycles. The summed E-state index contributed by atoms with van der Waals surface area (Å²) in [5.74, 6) is -1.63. The maximum Gasteiger partial charge on any atom is 0.255 e. The van der Waals surface area contributed by atoms with Gasteiger partial charge in [-0.05, 0) is 24.5 Å². The molecule has 0 aliphatic carbocycles. The number of carbonyl (C=O) groups is 4. The molecular formula is C23H34N4O6. The first-order chi connectivity index (χ1) is 15.7. The third-order valence-electron chi connectivity index (χ3n) is 5.28. The van der Waals surface area contributed by atoms with Gasteiger partial charge in [-0.3, -0.25) is 19.2 Å². The second kappa shape index (κ2) is 12.8. The van der Waals surface area contributed by atoms with Crippen LogP contribution < -0.4 is 20.7 Å². The molecule has 0 bridgehead atoms. The lowest BCUT2D eigenvalue weighted by Crippen LogP contribution is -2.54. The van der Waals surface area contributed by atoms with E-state index in [1.165, 1.54) is 4.90 Å². The van der Waals surface area contributed by atoms with E-state index in [-0.39, 0.29) is 37.0 Å². The van der Waals surface area contributed by atoms with Gasteiger partial charge >= 0.3 is 0 Å². The van der Waals surface area contributed by atoms with E-state index in [0.29, 0.717) is 25.3 Å². The molecule has 1 aliphatic rings. The number of likely N-dealkylation sites (N-methyl/N-ethyl adjacent to an activating group) is 1. The van der Waals surface area contributed by atoms with Gasteiger partial charge in [-0.1, -0.05) is 26.0 Å². The Labute approximate surface area is 194 Å². The van der Waals surface area contributed by atoms with Crippen molar-refractivity contribution in [2.75, 3.05) is 40.5 Å². The summed E-state index contributed by atoms with van der Waals surface area (Å²) in [6.07, 6.45) is 0.271. The average Bonchev–Trinajstić information content (AvgIpc) is 2.78. The van der Waals surface area contributed by atoms with Gasteiger partial charge < -0.3 is 30.3 Å². The summed E-state index contributed by atoms with van der Waals surface area (Å²) in [5, 5.41) is 8.08. The van der Waals surface area contributed by atoms with Crippen molar-refractivity contribution in [2.45, 2.75) is 38.8 Å². The normalized spacial score (nSPS) is 20.3. The number of benzene rings is 1. The number of amides is 4. The van der Waals surface area contributed by atoms with Crippen molar-refractivity contribution < 1.29 is 28.7 Å². The number of methoxy groups -OCH3 is 1. The number of hydrogen-bond donors (Lipinski definition) is 3. The quantitative estimate of drug-likeness (QED) is 0.523. The minimum absolute atomic E-state index is 0.161. The summed E-state index contributed by atoms with van der Waals surface area (Å²) < 4.78 is 10.7. The minimum Gasteiger partial charge on any atom is -0.491 e. The highest BCUT2D eigenvalue weighted by Gasteiger charge is 2.31. The second-order valence-corrected chi connectivity index (χ2v) is 8.26. The van der Waals surface area contributed by atoms with Gasteiger partial charge in [-0.15, -0.1) is 0 Å². The lowest BCUT2D eigenvalue weighted by atomic mass is 10.0. The number of nitrogens with zero attached hydrogens (tertiary/aromatic N) is 1. The molecule has 1 aromatic carbocycles. The summed E-state index contributed by atoms with van der Waals surface area (Å²) >= 11 is 0. The summed E-state index contributed by atoms with van der Waals surface area (Å²) in [5.41, 5.74) is 0.237. The van der Waals surface area contributed by atoms with Crippen LogP contribution in [0.5, 0.6) is 5.75 Å².